The Hall–Kier alpha value is -1.16. The molecule has 1 aromatic heterocycles. The van der Waals surface area contributed by atoms with Crippen molar-refractivity contribution in [3.63, 3.8) is 0 Å². The molecule has 1 heterocycles. The van der Waals surface area contributed by atoms with Crippen LogP contribution in [0.2, 0.25) is 0 Å². The molecule has 0 spiro atoms. The van der Waals surface area contributed by atoms with Gasteiger partial charge in [-0.1, -0.05) is 13.8 Å². The second-order valence-corrected chi connectivity index (χ2v) is 5.08. The average Bonchev–Trinajstić information content (AvgIpc) is 2.15. The van der Waals surface area contributed by atoms with Gasteiger partial charge in [0, 0.05) is 18.2 Å². The van der Waals surface area contributed by atoms with Gasteiger partial charge in [-0.15, -0.1) is 0 Å². The van der Waals surface area contributed by atoms with Gasteiger partial charge in [0.05, 0.1) is 18.0 Å². The number of aromatic nitrogens is 2. The van der Waals surface area contributed by atoms with Crippen LogP contribution in [0.1, 0.15) is 46.2 Å². The topological polar surface area (TPSA) is 61.0 Å². The summed E-state index contributed by atoms with van der Waals surface area (Å²) < 4.78 is 5.55. The zero-order valence-corrected chi connectivity index (χ0v) is 11.3. The van der Waals surface area contributed by atoms with Gasteiger partial charge in [0.25, 0.3) is 0 Å². The van der Waals surface area contributed by atoms with Crippen molar-refractivity contribution in [2.45, 2.75) is 52.7 Å². The molecular weight excluding hydrogens is 214 g/mol. The lowest BCUT2D eigenvalue weighted by Crippen LogP contribution is -2.29. The van der Waals surface area contributed by atoms with E-state index < -0.39 is 0 Å². The van der Waals surface area contributed by atoms with Crippen LogP contribution in [0.5, 0.6) is 5.88 Å². The van der Waals surface area contributed by atoms with E-state index in [4.69, 9.17) is 10.5 Å². The van der Waals surface area contributed by atoms with E-state index >= 15 is 0 Å². The smallest absolute Gasteiger partial charge is 0.232 e. The fourth-order valence-electron chi connectivity index (χ4n) is 2.04. The quantitative estimate of drug-likeness (QED) is 0.854. The second kappa shape index (κ2) is 5.96. The molecule has 96 valence electrons. The van der Waals surface area contributed by atoms with E-state index in [2.05, 4.69) is 23.8 Å². The maximum atomic E-state index is 6.01. The summed E-state index contributed by atoms with van der Waals surface area (Å²) in [5, 5.41) is 0. The third-order valence-electron chi connectivity index (χ3n) is 2.61. The van der Waals surface area contributed by atoms with E-state index in [1.54, 1.807) is 12.4 Å². The summed E-state index contributed by atoms with van der Waals surface area (Å²) in [7, 11) is 0. The molecule has 2 unspecified atom stereocenters. The summed E-state index contributed by atoms with van der Waals surface area (Å²) in [5.41, 5.74) is 6.92. The maximum absolute atomic E-state index is 6.01. The molecule has 2 N–H and O–H groups in total. The van der Waals surface area contributed by atoms with E-state index in [0.717, 1.165) is 5.69 Å². The summed E-state index contributed by atoms with van der Waals surface area (Å²) in [6.45, 7) is 10.2. The molecule has 4 heteroatoms. The standard InChI is InChI=1S/C13H23N3O/c1-8(2)13(10(5)14)11-6-15-7-12(16-11)17-9(3)4/h6-10,13H,14H2,1-5H3. The molecule has 0 bridgehead atoms. The van der Waals surface area contributed by atoms with Crippen LogP contribution in [0.3, 0.4) is 0 Å². The molecule has 1 aromatic rings. The minimum atomic E-state index is 0.0543. The molecule has 0 radical (unpaired) electrons. The Bertz CT molecular complexity index is 342. The third-order valence-corrected chi connectivity index (χ3v) is 2.61. The molecule has 0 saturated carbocycles. The zero-order chi connectivity index (χ0) is 13.0. The van der Waals surface area contributed by atoms with Crippen LogP contribution in [0.4, 0.5) is 0 Å². The third kappa shape index (κ3) is 3.97. The van der Waals surface area contributed by atoms with Crippen molar-refractivity contribution in [1.82, 2.24) is 9.97 Å². The zero-order valence-electron chi connectivity index (χ0n) is 11.3. The highest BCUT2D eigenvalue weighted by molar-refractivity contribution is 5.14. The van der Waals surface area contributed by atoms with E-state index in [1.165, 1.54) is 0 Å². The van der Waals surface area contributed by atoms with Gasteiger partial charge in [0.15, 0.2) is 0 Å². The first-order valence-electron chi connectivity index (χ1n) is 6.16. The lowest BCUT2D eigenvalue weighted by molar-refractivity contribution is 0.229. The highest BCUT2D eigenvalue weighted by Crippen LogP contribution is 2.26. The van der Waals surface area contributed by atoms with E-state index in [-0.39, 0.29) is 18.1 Å². The lowest BCUT2D eigenvalue weighted by atomic mass is 9.87. The van der Waals surface area contributed by atoms with Crippen molar-refractivity contribution in [2.75, 3.05) is 0 Å². The number of ether oxygens (including phenoxy) is 1. The van der Waals surface area contributed by atoms with Gasteiger partial charge < -0.3 is 10.5 Å². The van der Waals surface area contributed by atoms with Crippen molar-refractivity contribution in [3.05, 3.63) is 18.1 Å². The van der Waals surface area contributed by atoms with Gasteiger partial charge in [0.1, 0.15) is 0 Å². The lowest BCUT2D eigenvalue weighted by Gasteiger charge is -2.24. The van der Waals surface area contributed by atoms with Crippen molar-refractivity contribution < 1.29 is 4.74 Å². The Labute approximate surface area is 104 Å². The highest BCUT2D eigenvalue weighted by Gasteiger charge is 2.22. The van der Waals surface area contributed by atoms with Crippen LogP contribution >= 0.6 is 0 Å². The Balaban J connectivity index is 2.96. The first-order chi connectivity index (χ1) is 7.91. The SMILES string of the molecule is CC(C)Oc1cncc(C(C(C)C)C(C)N)n1. The molecule has 0 aliphatic carbocycles. The Morgan fingerprint density at radius 3 is 2.24 bits per heavy atom. The van der Waals surface area contributed by atoms with Crippen molar-refractivity contribution >= 4 is 0 Å². The summed E-state index contributed by atoms with van der Waals surface area (Å²) in [4.78, 5) is 8.67. The molecule has 0 aromatic carbocycles. The number of nitrogens with zero attached hydrogens (tertiary/aromatic N) is 2. The van der Waals surface area contributed by atoms with Crippen molar-refractivity contribution in [3.8, 4) is 5.88 Å². The van der Waals surface area contributed by atoms with E-state index in [1.807, 2.05) is 20.8 Å². The minimum Gasteiger partial charge on any atom is -0.474 e. The Morgan fingerprint density at radius 2 is 1.76 bits per heavy atom. The fourth-order valence-corrected chi connectivity index (χ4v) is 2.04. The predicted octanol–water partition coefficient (Wildman–Crippen LogP) is 2.35. The average molecular weight is 237 g/mol. The summed E-state index contributed by atoms with van der Waals surface area (Å²) in [5.74, 6) is 1.21. The monoisotopic (exact) mass is 237 g/mol. The fraction of sp³-hybridized carbons (Fsp3) is 0.692. The molecule has 0 saturated heterocycles. The van der Waals surface area contributed by atoms with Gasteiger partial charge >= 0.3 is 0 Å². The number of rotatable bonds is 5. The summed E-state index contributed by atoms with van der Waals surface area (Å²) in [6.07, 6.45) is 3.52. The molecule has 4 nitrogen and oxygen atoms in total. The van der Waals surface area contributed by atoms with Gasteiger partial charge in [0.2, 0.25) is 5.88 Å². The van der Waals surface area contributed by atoms with Crippen LogP contribution in [0.25, 0.3) is 0 Å². The van der Waals surface area contributed by atoms with Crippen LogP contribution in [0.15, 0.2) is 12.4 Å². The largest absolute Gasteiger partial charge is 0.474 e. The van der Waals surface area contributed by atoms with Crippen LogP contribution < -0.4 is 10.5 Å². The highest BCUT2D eigenvalue weighted by atomic mass is 16.5. The number of nitrogens with two attached hydrogens (primary N) is 1. The predicted molar refractivity (Wildman–Crippen MR) is 69.0 cm³/mol. The van der Waals surface area contributed by atoms with E-state index in [0.29, 0.717) is 11.8 Å². The van der Waals surface area contributed by atoms with Gasteiger partial charge in [-0.3, -0.25) is 4.98 Å². The Kier molecular flexibility index (Phi) is 4.87. The number of hydrogen-bond donors (Lipinski definition) is 1. The first-order valence-corrected chi connectivity index (χ1v) is 6.16. The molecule has 2 atom stereocenters. The molecule has 0 aliphatic heterocycles. The van der Waals surface area contributed by atoms with Crippen LogP contribution in [-0.2, 0) is 0 Å². The minimum absolute atomic E-state index is 0.0543. The van der Waals surface area contributed by atoms with Crippen molar-refractivity contribution in [2.24, 2.45) is 11.7 Å². The summed E-state index contributed by atoms with van der Waals surface area (Å²) >= 11 is 0. The molecule has 0 fully saturated rings. The normalized spacial score (nSPS) is 15.1. The molecule has 0 aliphatic rings. The molecule has 1 rings (SSSR count). The van der Waals surface area contributed by atoms with Crippen molar-refractivity contribution in [1.29, 1.82) is 0 Å². The maximum Gasteiger partial charge on any atom is 0.232 e. The van der Waals surface area contributed by atoms with Gasteiger partial charge in [-0.05, 0) is 26.7 Å². The van der Waals surface area contributed by atoms with Gasteiger partial charge in [-0.25, -0.2) is 4.98 Å². The molecule has 0 amide bonds. The van der Waals surface area contributed by atoms with Gasteiger partial charge in [-0.2, -0.15) is 0 Å². The number of hydrogen-bond acceptors (Lipinski definition) is 4. The van der Waals surface area contributed by atoms with E-state index in [9.17, 15) is 0 Å². The Morgan fingerprint density at radius 1 is 1.12 bits per heavy atom. The molecule has 17 heavy (non-hydrogen) atoms. The van der Waals surface area contributed by atoms with Crippen LogP contribution in [-0.4, -0.2) is 22.1 Å². The first kappa shape index (κ1) is 13.9. The van der Waals surface area contributed by atoms with Crippen LogP contribution in [0, 0.1) is 5.92 Å². The second-order valence-electron chi connectivity index (χ2n) is 5.08. The molecular formula is C13H23N3O. The summed E-state index contributed by atoms with van der Waals surface area (Å²) in [6, 6.07) is 0.0543.